The summed E-state index contributed by atoms with van der Waals surface area (Å²) >= 11 is 5.90. The quantitative estimate of drug-likeness (QED) is 0.466. The van der Waals surface area contributed by atoms with Crippen molar-refractivity contribution in [3.05, 3.63) is 78.0 Å². The summed E-state index contributed by atoms with van der Waals surface area (Å²) in [5.41, 5.74) is 8.76. The number of nitrogens with zero attached hydrogens (tertiary/aromatic N) is 4. The molecular formula is C19H14ClN5O. The lowest BCUT2D eigenvalue weighted by Crippen LogP contribution is -2.01. The molecule has 0 aliphatic rings. The van der Waals surface area contributed by atoms with Crippen LogP contribution < -0.4 is 5.73 Å². The molecule has 2 N–H and O–H groups in total. The zero-order valence-corrected chi connectivity index (χ0v) is 14.3. The van der Waals surface area contributed by atoms with E-state index in [1.165, 1.54) is 0 Å². The van der Waals surface area contributed by atoms with Crippen molar-refractivity contribution in [2.24, 2.45) is 10.2 Å². The maximum atomic E-state index is 6.31. The normalized spacial score (nSPS) is 11.3. The highest BCUT2D eigenvalue weighted by molar-refractivity contribution is 6.30. The number of para-hydroxylation sites is 1. The van der Waals surface area contributed by atoms with E-state index in [0.29, 0.717) is 33.7 Å². The molecule has 0 saturated carbocycles. The predicted octanol–water partition coefficient (Wildman–Crippen LogP) is 5.78. The smallest absolute Gasteiger partial charge is 0.159 e. The summed E-state index contributed by atoms with van der Waals surface area (Å²) in [6, 6.07) is 20.2. The van der Waals surface area contributed by atoms with Crippen LogP contribution in [0.25, 0.3) is 17.1 Å². The van der Waals surface area contributed by atoms with E-state index in [1.807, 2.05) is 30.3 Å². The third kappa shape index (κ3) is 3.10. The van der Waals surface area contributed by atoms with Crippen molar-refractivity contribution in [2.45, 2.75) is 0 Å². The average Bonchev–Trinajstić information content (AvgIpc) is 3.30. The van der Waals surface area contributed by atoms with Gasteiger partial charge in [-0.1, -0.05) is 29.8 Å². The number of hydrogen-bond acceptors (Lipinski definition) is 5. The first kappa shape index (κ1) is 16.1. The number of furan rings is 1. The lowest BCUT2D eigenvalue weighted by Gasteiger charge is -2.02. The third-order valence-electron chi connectivity index (χ3n) is 3.74. The van der Waals surface area contributed by atoms with E-state index in [4.69, 9.17) is 21.8 Å². The number of rotatable bonds is 4. The molecule has 0 aliphatic carbocycles. The van der Waals surface area contributed by atoms with E-state index in [0.717, 1.165) is 5.69 Å². The van der Waals surface area contributed by atoms with Gasteiger partial charge in [0, 0.05) is 5.02 Å². The Bertz CT molecular complexity index is 1040. The Morgan fingerprint density at radius 3 is 2.38 bits per heavy atom. The van der Waals surface area contributed by atoms with E-state index in [2.05, 4.69) is 15.3 Å². The van der Waals surface area contributed by atoms with Gasteiger partial charge < -0.3 is 10.2 Å². The Balaban J connectivity index is 1.81. The molecule has 0 aliphatic heterocycles. The van der Waals surface area contributed by atoms with E-state index in [9.17, 15) is 0 Å². The molecular weight excluding hydrogens is 350 g/mol. The van der Waals surface area contributed by atoms with Gasteiger partial charge in [-0.25, -0.2) is 4.68 Å². The summed E-state index contributed by atoms with van der Waals surface area (Å²) in [4.78, 5) is 0. The van der Waals surface area contributed by atoms with Crippen LogP contribution in [0.4, 0.5) is 17.2 Å². The van der Waals surface area contributed by atoms with Gasteiger partial charge in [-0.05, 0) is 48.5 Å². The predicted molar refractivity (Wildman–Crippen MR) is 101 cm³/mol. The topological polar surface area (TPSA) is 81.7 Å². The molecule has 0 unspecified atom stereocenters. The van der Waals surface area contributed by atoms with Crippen LogP contribution in [-0.4, -0.2) is 9.78 Å². The zero-order valence-electron chi connectivity index (χ0n) is 13.6. The number of halogens is 1. The summed E-state index contributed by atoms with van der Waals surface area (Å²) in [6.45, 7) is 0. The van der Waals surface area contributed by atoms with Crippen molar-refractivity contribution in [1.29, 1.82) is 0 Å². The molecule has 2 heterocycles. The molecule has 7 heteroatoms. The molecule has 4 rings (SSSR count). The monoisotopic (exact) mass is 363 g/mol. The van der Waals surface area contributed by atoms with Gasteiger partial charge in [-0.3, -0.25) is 0 Å². The molecule has 0 spiro atoms. The van der Waals surface area contributed by atoms with Crippen LogP contribution in [0.15, 0.2) is 87.6 Å². The maximum Gasteiger partial charge on any atom is 0.159 e. The summed E-state index contributed by atoms with van der Waals surface area (Å²) < 4.78 is 7.10. The van der Waals surface area contributed by atoms with Crippen LogP contribution in [-0.2, 0) is 0 Å². The molecule has 128 valence electrons. The highest BCUT2D eigenvalue weighted by atomic mass is 35.5. The van der Waals surface area contributed by atoms with Crippen molar-refractivity contribution in [3.63, 3.8) is 0 Å². The Kier molecular flexibility index (Phi) is 4.25. The summed E-state index contributed by atoms with van der Waals surface area (Å²) in [7, 11) is 0. The molecule has 0 bridgehead atoms. The van der Waals surface area contributed by atoms with Crippen LogP contribution >= 0.6 is 11.6 Å². The van der Waals surface area contributed by atoms with Gasteiger partial charge in [0.15, 0.2) is 23.0 Å². The first-order chi connectivity index (χ1) is 12.7. The van der Waals surface area contributed by atoms with Crippen molar-refractivity contribution < 1.29 is 4.42 Å². The fourth-order valence-corrected chi connectivity index (χ4v) is 2.61. The number of benzene rings is 2. The van der Waals surface area contributed by atoms with Crippen LogP contribution in [0.3, 0.4) is 0 Å². The largest absolute Gasteiger partial charge is 0.463 e. The highest BCUT2D eigenvalue weighted by Crippen LogP contribution is 2.37. The van der Waals surface area contributed by atoms with Crippen LogP contribution in [0, 0.1) is 0 Å². The Morgan fingerprint density at radius 1 is 0.923 bits per heavy atom. The van der Waals surface area contributed by atoms with Gasteiger partial charge in [0.2, 0.25) is 0 Å². The second-order valence-corrected chi connectivity index (χ2v) is 5.92. The van der Waals surface area contributed by atoms with E-state index in [-0.39, 0.29) is 0 Å². The number of nitrogen functional groups attached to an aromatic ring is 1. The molecule has 0 amide bonds. The van der Waals surface area contributed by atoms with Gasteiger partial charge in [0.1, 0.15) is 0 Å². The molecule has 6 nitrogen and oxygen atoms in total. The highest BCUT2D eigenvalue weighted by Gasteiger charge is 2.20. The first-order valence-electron chi connectivity index (χ1n) is 7.87. The van der Waals surface area contributed by atoms with E-state index in [1.54, 1.807) is 47.3 Å². The second kappa shape index (κ2) is 6.85. The molecule has 26 heavy (non-hydrogen) atoms. The Hall–Kier alpha value is -3.38. The molecule has 0 fully saturated rings. The van der Waals surface area contributed by atoms with Crippen LogP contribution in [0.2, 0.25) is 5.02 Å². The minimum Gasteiger partial charge on any atom is -0.463 e. The van der Waals surface area contributed by atoms with Crippen molar-refractivity contribution in [3.8, 4) is 17.1 Å². The molecule has 2 aromatic carbocycles. The van der Waals surface area contributed by atoms with Gasteiger partial charge in [-0.2, -0.15) is 10.2 Å². The molecule has 4 aromatic rings. The zero-order chi connectivity index (χ0) is 17.9. The van der Waals surface area contributed by atoms with Crippen molar-refractivity contribution in [2.75, 3.05) is 5.73 Å². The van der Waals surface area contributed by atoms with Crippen LogP contribution in [0.5, 0.6) is 0 Å². The lowest BCUT2D eigenvalue weighted by atomic mass is 10.3. The summed E-state index contributed by atoms with van der Waals surface area (Å²) in [5, 5.41) is 13.8. The number of nitrogens with two attached hydrogens (primary N) is 1. The van der Waals surface area contributed by atoms with Gasteiger partial charge in [-0.15, -0.1) is 5.11 Å². The van der Waals surface area contributed by atoms with Gasteiger partial charge in [0.25, 0.3) is 0 Å². The second-order valence-electron chi connectivity index (χ2n) is 5.48. The van der Waals surface area contributed by atoms with Gasteiger partial charge >= 0.3 is 0 Å². The lowest BCUT2D eigenvalue weighted by molar-refractivity contribution is 0.579. The van der Waals surface area contributed by atoms with Crippen molar-refractivity contribution >= 4 is 28.8 Å². The Morgan fingerprint density at radius 2 is 1.69 bits per heavy atom. The third-order valence-corrected chi connectivity index (χ3v) is 3.99. The fourth-order valence-electron chi connectivity index (χ4n) is 2.48. The summed E-state index contributed by atoms with van der Waals surface area (Å²) in [5.74, 6) is 0.941. The van der Waals surface area contributed by atoms with Crippen LogP contribution in [0.1, 0.15) is 0 Å². The SMILES string of the molecule is Nc1c(N=Nc2ccc(Cl)cc2)c(-c2ccco2)nn1-c1ccccc1. The number of anilines is 1. The average molecular weight is 364 g/mol. The fraction of sp³-hybridized carbons (Fsp3) is 0. The minimum absolute atomic E-state index is 0.375. The molecule has 0 radical (unpaired) electrons. The van der Waals surface area contributed by atoms with Crippen molar-refractivity contribution in [1.82, 2.24) is 9.78 Å². The first-order valence-corrected chi connectivity index (χ1v) is 8.25. The number of hydrogen-bond donors (Lipinski definition) is 1. The maximum absolute atomic E-state index is 6.31. The van der Waals surface area contributed by atoms with E-state index < -0.39 is 0 Å². The summed E-state index contributed by atoms with van der Waals surface area (Å²) in [6.07, 6.45) is 1.58. The standard InChI is InChI=1S/C19H14ClN5O/c20-13-8-10-14(11-9-13)22-23-18-17(16-7-4-12-26-16)24-25(19(18)21)15-5-2-1-3-6-15/h1-12H,21H2. The number of aromatic nitrogens is 2. The molecule has 0 atom stereocenters. The Labute approximate surface area is 154 Å². The number of azo groups is 1. The van der Waals surface area contributed by atoms with E-state index >= 15 is 0 Å². The minimum atomic E-state index is 0.375. The molecule has 0 saturated heterocycles. The van der Waals surface area contributed by atoms with Gasteiger partial charge in [0.05, 0.1) is 17.6 Å². The molecule has 2 aromatic heterocycles.